The molecular formula is C22H32N6O2. The van der Waals surface area contributed by atoms with Gasteiger partial charge < -0.3 is 20.2 Å². The number of nitrogens with one attached hydrogen (secondary N) is 1. The molecule has 2 fully saturated rings. The summed E-state index contributed by atoms with van der Waals surface area (Å²) in [4.78, 5) is 13.1. The van der Waals surface area contributed by atoms with Crippen molar-refractivity contribution in [2.24, 2.45) is 5.16 Å². The summed E-state index contributed by atoms with van der Waals surface area (Å²) in [5.74, 6) is 0. The number of nitrogens with zero attached hydrogens (tertiary/aromatic N) is 5. The van der Waals surface area contributed by atoms with Crippen LogP contribution in [0.1, 0.15) is 57.4 Å². The third-order valence-corrected chi connectivity index (χ3v) is 6.98. The summed E-state index contributed by atoms with van der Waals surface area (Å²) in [7, 11) is 0. The highest BCUT2D eigenvalue weighted by atomic mass is 16.7. The maximum Gasteiger partial charge on any atom is 0.159 e. The van der Waals surface area contributed by atoms with Crippen LogP contribution >= 0.6 is 0 Å². The molecule has 30 heavy (non-hydrogen) atoms. The maximum absolute atomic E-state index is 9.21. The molecule has 0 amide bonds. The highest BCUT2D eigenvalue weighted by Crippen LogP contribution is 2.42. The van der Waals surface area contributed by atoms with Crippen molar-refractivity contribution in [1.82, 2.24) is 19.7 Å². The molecule has 2 aromatic heterocycles. The maximum atomic E-state index is 9.21. The van der Waals surface area contributed by atoms with E-state index >= 15 is 0 Å². The zero-order chi connectivity index (χ0) is 20.6. The Labute approximate surface area is 177 Å². The molecule has 2 N–H and O–H groups in total. The summed E-state index contributed by atoms with van der Waals surface area (Å²) < 4.78 is 1.94. The molecule has 0 radical (unpaired) electrons. The van der Waals surface area contributed by atoms with E-state index in [4.69, 9.17) is 9.82 Å². The topological polar surface area (TPSA) is 87.8 Å². The molecule has 1 aliphatic carbocycles. The van der Waals surface area contributed by atoms with Crippen LogP contribution in [0.2, 0.25) is 0 Å². The first kappa shape index (κ1) is 19.8. The van der Waals surface area contributed by atoms with Crippen LogP contribution in [-0.4, -0.2) is 68.4 Å². The fourth-order valence-corrected chi connectivity index (χ4v) is 5.23. The van der Waals surface area contributed by atoms with Crippen LogP contribution < -0.4 is 5.32 Å². The number of likely N-dealkylation sites (tertiary alicyclic amines) is 1. The van der Waals surface area contributed by atoms with Crippen molar-refractivity contribution in [2.45, 2.75) is 70.1 Å². The first-order chi connectivity index (χ1) is 14.7. The quantitative estimate of drug-likeness (QED) is 0.759. The number of oxime groups is 1. The smallest absolute Gasteiger partial charge is 0.159 e. The minimum Gasteiger partial charge on any atom is -0.395 e. The van der Waals surface area contributed by atoms with Gasteiger partial charge in [-0.1, -0.05) is 5.16 Å². The Hall–Kier alpha value is -2.19. The molecule has 2 aliphatic heterocycles. The first-order valence-electron chi connectivity index (χ1n) is 11.4. The van der Waals surface area contributed by atoms with Crippen molar-refractivity contribution in [1.29, 1.82) is 0 Å². The van der Waals surface area contributed by atoms with Crippen LogP contribution in [0.5, 0.6) is 0 Å². The Balaban J connectivity index is 1.44. The van der Waals surface area contributed by atoms with Gasteiger partial charge in [-0.15, -0.1) is 0 Å². The zero-order valence-electron chi connectivity index (χ0n) is 17.8. The Kier molecular flexibility index (Phi) is 5.37. The van der Waals surface area contributed by atoms with Crippen LogP contribution in [0.4, 0.5) is 5.69 Å². The molecule has 162 valence electrons. The number of piperidine rings is 1. The molecule has 2 aromatic rings. The summed E-state index contributed by atoms with van der Waals surface area (Å²) in [5.41, 5.74) is 3.98. The third kappa shape index (κ3) is 3.56. The number of anilines is 1. The van der Waals surface area contributed by atoms with Gasteiger partial charge in [-0.25, -0.2) is 9.67 Å². The minimum atomic E-state index is -0.0925. The van der Waals surface area contributed by atoms with Crippen LogP contribution in [0.15, 0.2) is 17.5 Å². The van der Waals surface area contributed by atoms with Crippen LogP contribution in [0.3, 0.4) is 0 Å². The van der Waals surface area contributed by atoms with Gasteiger partial charge in [-0.2, -0.15) is 5.10 Å². The molecule has 4 heterocycles. The van der Waals surface area contributed by atoms with Crippen molar-refractivity contribution in [3.8, 4) is 0 Å². The van der Waals surface area contributed by atoms with E-state index in [0.717, 1.165) is 86.3 Å². The number of aryl methyl sites for hydroxylation is 1. The second kappa shape index (κ2) is 8.15. The number of hydrogen-bond donors (Lipinski definition) is 2. The standard InChI is InChI=1S/C22H32N6O2/c1-2-28-21-18(15-24-28)20(25-16-5-9-27(10-6-16)11-12-29)17(14-23-21)19-13-22(30-26-19)7-3-4-8-22/h14-16,29H,2-13H2,1H3,(H,23,25). The molecule has 1 saturated carbocycles. The lowest BCUT2D eigenvalue weighted by Gasteiger charge is -2.33. The van der Waals surface area contributed by atoms with E-state index in [-0.39, 0.29) is 12.2 Å². The van der Waals surface area contributed by atoms with Crippen molar-refractivity contribution < 1.29 is 9.94 Å². The molecule has 1 spiro atoms. The van der Waals surface area contributed by atoms with E-state index in [1.165, 1.54) is 12.8 Å². The van der Waals surface area contributed by atoms with Gasteiger partial charge >= 0.3 is 0 Å². The second-order valence-electron chi connectivity index (χ2n) is 8.92. The first-order valence-corrected chi connectivity index (χ1v) is 11.4. The molecule has 0 aromatic carbocycles. The van der Waals surface area contributed by atoms with Gasteiger partial charge in [0.2, 0.25) is 0 Å². The number of fused-ring (bicyclic) bond motifs is 1. The zero-order valence-corrected chi connectivity index (χ0v) is 17.8. The summed E-state index contributed by atoms with van der Waals surface area (Å²) in [6.07, 6.45) is 11.5. The monoisotopic (exact) mass is 412 g/mol. The van der Waals surface area contributed by atoms with Gasteiger partial charge in [0.25, 0.3) is 0 Å². The van der Waals surface area contributed by atoms with E-state index in [1.54, 1.807) is 0 Å². The molecule has 1 saturated heterocycles. The molecule has 0 atom stereocenters. The van der Waals surface area contributed by atoms with Gasteiger partial charge in [0, 0.05) is 50.4 Å². The Morgan fingerprint density at radius 2 is 2.03 bits per heavy atom. The average molecular weight is 413 g/mol. The molecule has 8 nitrogen and oxygen atoms in total. The Morgan fingerprint density at radius 1 is 1.23 bits per heavy atom. The Bertz CT molecular complexity index is 925. The summed E-state index contributed by atoms with van der Waals surface area (Å²) >= 11 is 0. The van der Waals surface area contributed by atoms with Crippen molar-refractivity contribution in [2.75, 3.05) is 31.6 Å². The van der Waals surface area contributed by atoms with Gasteiger partial charge in [0.15, 0.2) is 5.65 Å². The molecule has 5 rings (SSSR count). The predicted octanol–water partition coefficient (Wildman–Crippen LogP) is 2.76. The molecule has 0 unspecified atom stereocenters. The number of hydrogen-bond acceptors (Lipinski definition) is 7. The van der Waals surface area contributed by atoms with Crippen molar-refractivity contribution >= 4 is 22.4 Å². The van der Waals surface area contributed by atoms with Gasteiger partial charge in [0.1, 0.15) is 5.60 Å². The van der Waals surface area contributed by atoms with Crippen molar-refractivity contribution in [3.63, 3.8) is 0 Å². The fourth-order valence-electron chi connectivity index (χ4n) is 5.23. The van der Waals surface area contributed by atoms with Crippen LogP contribution in [-0.2, 0) is 11.4 Å². The SMILES string of the molecule is CCn1ncc2c(NC3CCN(CCO)CC3)c(C3=NOC4(CCCC4)C3)cnc21. The number of rotatable bonds is 6. The number of aromatic nitrogens is 3. The van der Waals surface area contributed by atoms with E-state index in [1.807, 2.05) is 17.1 Å². The van der Waals surface area contributed by atoms with Crippen LogP contribution in [0.25, 0.3) is 11.0 Å². The summed E-state index contributed by atoms with van der Waals surface area (Å²) in [5, 5.41) is 23.2. The largest absolute Gasteiger partial charge is 0.395 e. The number of aliphatic hydroxyl groups is 1. The third-order valence-electron chi connectivity index (χ3n) is 6.98. The highest BCUT2D eigenvalue weighted by molar-refractivity contribution is 6.10. The average Bonchev–Trinajstić information content (AvgIpc) is 3.50. The molecule has 8 heteroatoms. The van der Waals surface area contributed by atoms with Gasteiger partial charge in [-0.3, -0.25) is 0 Å². The summed E-state index contributed by atoms with van der Waals surface area (Å²) in [6.45, 7) is 5.88. The summed E-state index contributed by atoms with van der Waals surface area (Å²) in [6, 6.07) is 0.387. The van der Waals surface area contributed by atoms with E-state index in [2.05, 4.69) is 27.4 Å². The number of pyridine rings is 1. The van der Waals surface area contributed by atoms with E-state index in [0.29, 0.717) is 6.04 Å². The van der Waals surface area contributed by atoms with E-state index in [9.17, 15) is 5.11 Å². The normalized spacial score (nSPS) is 22.0. The number of aliphatic hydroxyl groups excluding tert-OH is 1. The molecule has 3 aliphatic rings. The lowest BCUT2D eigenvalue weighted by atomic mass is 9.92. The van der Waals surface area contributed by atoms with Crippen LogP contribution in [0, 0.1) is 0 Å². The van der Waals surface area contributed by atoms with Gasteiger partial charge in [-0.05, 0) is 45.4 Å². The predicted molar refractivity (Wildman–Crippen MR) is 117 cm³/mol. The highest BCUT2D eigenvalue weighted by Gasteiger charge is 2.42. The second-order valence-corrected chi connectivity index (χ2v) is 8.92. The van der Waals surface area contributed by atoms with E-state index < -0.39 is 0 Å². The van der Waals surface area contributed by atoms with Crippen molar-refractivity contribution in [3.05, 3.63) is 18.0 Å². The lowest BCUT2D eigenvalue weighted by Crippen LogP contribution is -2.40. The molecule has 0 bridgehead atoms. The minimum absolute atomic E-state index is 0.0925. The fraction of sp³-hybridized carbons (Fsp3) is 0.682. The Morgan fingerprint density at radius 3 is 2.77 bits per heavy atom. The van der Waals surface area contributed by atoms with Gasteiger partial charge in [0.05, 0.1) is 29.6 Å². The number of β-amino-alcohol motifs (C(OH)–C–C–N with tert-alkyl or cyclic N) is 1. The molecular weight excluding hydrogens is 380 g/mol. The lowest BCUT2D eigenvalue weighted by molar-refractivity contribution is -0.0126.